The number of benzene rings is 1. The number of thiazole rings is 1. The summed E-state index contributed by atoms with van der Waals surface area (Å²) in [7, 11) is 0. The van der Waals surface area contributed by atoms with Gasteiger partial charge in [0.1, 0.15) is 27.9 Å². The summed E-state index contributed by atoms with van der Waals surface area (Å²) in [6, 6.07) is 10.1. The average molecular weight is 423 g/mol. The lowest BCUT2D eigenvalue weighted by Gasteiger charge is -2.01. The Labute approximate surface area is 154 Å². The van der Waals surface area contributed by atoms with Gasteiger partial charge in [-0.3, -0.25) is 0 Å². The first-order valence-corrected chi connectivity index (χ1v) is 10.7. The molecule has 0 aliphatic heterocycles. The lowest BCUT2D eigenvalue weighted by atomic mass is 10.2. The molecule has 0 spiro atoms. The molecule has 3 aromatic rings. The van der Waals surface area contributed by atoms with Gasteiger partial charge in [0.05, 0.1) is 4.24 Å². The van der Waals surface area contributed by atoms with Crippen LogP contribution >= 0.6 is 50.8 Å². The Balaban J connectivity index is 2.04. The molecule has 0 aliphatic rings. The fourth-order valence-electron chi connectivity index (χ4n) is 2.11. The van der Waals surface area contributed by atoms with Crippen LogP contribution in [0.5, 0.6) is 0 Å². The van der Waals surface area contributed by atoms with E-state index in [-0.39, 0.29) is 0 Å². The maximum atomic E-state index is 9.44. The minimum atomic E-state index is 0.625. The average Bonchev–Trinajstić information content (AvgIpc) is 3.18. The number of furan rings is 1. The number of nitriles is 1. The summed E-state index contributed by atoms with van der Waals surface area (Å²) >= 11 is 8.05. The van der Waals surface area contributed by atoms with Gasteiger partial charge in [-0.15, -0.1) is 34.9 Å². The number of halogens is 1. The Bertz CT molecular complexity index is 930. The summed E-state index contributed by atoms with van der Waals surface area (Å²) in [5.74, 6) is 0.716. The SMILES string of the molecule is CSC(SC)=C(C#N)c1nc(-c2cc3cc(Br)ccc3o2)cs1. The van der Waals surface area contributed by atoms with Crippen molar-refractivity contribution in [1.29, 1.82) is 5.26 Å². The van der Waals surface area contributed by atoms with Crippen LogP contribution < -0.4 is 0 Å². The summed E-state index contributed by atoms with van der Waals surface area (Å²) in [5, 5.41) is 13.1. The second kappa shape index (κ2) is 7.14. The van der Waals surface area contributed by atoms with Crippen LogP contribution in [0.2, 0.25) is 0 Å². The van der Waals surface area contributed by atoms with Crippen LogP contribution in [-0.2, 0) is 0 Å². The summed E-state index contributed by atoms with van der Waals surface area (Å²) in [5.41, 5.74) is 2.20. The number of thioether (sulfide) groups is 2. The van der Waals surface area contributed by atoms with Gasteiger partial charge in [-0.25, -0.2) is 4.98 Å². The maximum Gasteiger partial charge on any atom is 0.154 e. The highest BCUT2D eigenvalue weighted by Crippen LogP contribution is 2.36. The van der Waals surface area contributed by atoms with Gasteiger partial charge in [-0.2, -0.15) is 5.26 Å². The Kier molecular flexibility index (Phi) is 5.17. The van der Waals surface area contributed by atoms with Crippen LogP contribution in [0.25, 0.3) is 28.0 Å². The summed E-state index contributed by atoms with van der Waals surface area (Å²) in [4.78, 5) is 4.59. The zero-order valence-corrected chi connectivity index (χ0v) is 16.3. The third-order valence-corrected chi connectivity index (χ3v) is 6.64. The molecule has 0 amide bonds. The molecule has 0 fully saturated rings. The Morgan fingerprint density at radius 3 is 2.78 bits per heavy atom. The van der Waals surface area contributed by atoms with E-state index in [9.17, 15) is 5.26 Å². The van der Waals surface area contributed by atoms with Crippen molar-refractivity contribution in [3.63, 3.8) is 0 Å². The van der Waals surface area contributed by atoms with Crippen molar-refractivity contribution in [2.75, 3.05) is 12.5 Å². The van der Waals surface area contributed by atoms with E-state index in [1.807, 2.05) is 42.2 Å². The zero-order chi connectivity index (χ0) is 16.4. The highest BCUT2D eigenvalue weighted by atomic mass is 79.9. The van der Waals surface area contributed by atoms with Crippen molar-refractivity contribution in [3.05, 3.63) is 43.4 Å². The predicted molar refractivity (Wildman–Crippen MR) is 105 cm³/mol. The molecule has 1 aromatic carbocycles. The molecule has 7 heteroatoms. The molecule has 0 bridgehead atoms. The maximum absolute atomic E-state index is 9.44. The van der Waals surface area contributed by atoms with Gasteiger partial charge in [0.15, 0.2) is 5.76 Å². The molecule has 0 radical (unpaired) electrons. The standard InChI is InChI=1S/C16H11BrN2OS3/c1-21-16(22-2)11(7-18)15-19-12(8-23-15)14-6-9-5-10(17)3-4-13(9)20-14/h3-6,8H,1-2H3. The van der Waals surface area contributed by atoms with Gasteiger partial charge in [0, 0.05) is 15.2 Å². The van der Waals surface area contributed by atoms with E-state index in [0.29, 0.717) is 11.3 Å². The Morgan fingerprint density at radius 1 is 1.30 bits per heavy atom. The van der Waals surface area contributed by atoms with Crippen molar-refractivity contribution in [3.8, 4) is 17.5 Å². The smallest absolute Gasteiger partial charge is 0.154 e. The van der Waals surface area contributed by atoms with Crippen molar-refractivity contribution >= 4 is 67.3 Å². The number of aromatic nitrogens is 1. The molecule has 0 atom stereocenters. The van der Waals surface area contributed by atoms with Crippen LogP contribution in [0.3, 0.4) is 0 Å². The summed E-state index contributed by atoms with van der Waals surface area (Å²) in [6.07, 6.45) is 3.93. The molecule has 2 aromatic heterocycles. The number of hydrogen-bond donors (Lipinski definition) is 0. The molecule has 0 unspecified atom stereocenters. The van der Waals surface area contributed by atoms with E-state index in [2.05, 4.69) is 27.0 Å². The molecular weight excluding hydrogens is 412 g/mol. The van der Waals surface area contributed by atoms with Gasteiger partial charge in [-0.05, 0) is 36.8 Å². The molecule has 0 saturated heterocycles. The van der Waals surface area contributed by atoms with E-state index in [0.717, 1.165) is 30.4 Å². The molecule has 0 saturated carbocycles. The molecule has 3 nitrogen and oxygen atoms in total. The van der Waals surface area contributed by atoms with E-state index >= 15 is 0 Å². The van der Waals surface area contributed by atoms with E-state index in [4.69, 9.17) is 4.42 Å². The second-order valence-electron chi connectivity index (χ2n) is 4.51. The number of rotatable bonds is 4. The minimum Gasteiger partial charge on any atom is -0.454 e. The topological polar surface area (TPSA) is 49.8 Å². The van der Waals surface area contributed by atoms with Gasteiger partial charge in [0.2, 0.25) is 0 Å². The normalized spacial score (nSPS) is 10.7. The number of nitrogens with zero attached hydrogens (tertiary/aromatic N) is 2. The summed E-state index contributed by atoms with van der Waals surface area (Å²) in [6.45, 7) is 0. The van der Waals surface area contributed by atoms with Crippen LogP contribution in [0.1, 0.15) is 5.01 Å². The Morgan fingerprint density at radius 2 is 2.09 bits per heavy atom. The fourth-order valence-corrected chi connectivity index (χ4v) is 4.79. The van der Waals surface area contributed by atoms with Gasteiger partial charge >= 0.3 is 0 Å². The Hall–Kier alpha value is -1.20. The second-order valence-corrected chi connectivity index (χ2v) is 8.18. The quantitative estimate of drug-likeness (QED) is 0.465. The number of hydrogen-bond acceptors (Lipinski definition) is 6. The third kappa shape index (κ3) is 3.36. The van der Waals surface area contributed by atoms with E-state index in [1.54, 1.807) is 23.5 Å². The number of allylic oxidation sites excluding steroid dienone is 1. The first-order valence-electron chi connectivity index (χ1n) is 6.54. The van der Waals surface area contributed by atoms with Gasteiger partial charge in [0.25, 0.3) is 0 Å². The number of fused-ring (bicyclic) bond motifs is 1. The molecular formula is C16H11BrN2OS3. The summed E-state index contributed by atoms with van der Waals surface area (Å²) < 4.78 is 7.85. The molecule has 2 heterocycles. The molecule has 0 aliphatic carbocycles. The molecule has 0 N–H and O–H groups in total. The highest BCUT2D eigenvalue weighted by Gasteiger charge is 2.15. The lowest BCUT2D eigenvalue weighted by Crippen LogP contribution is -1.84. The van der Waals surface area contributed by atoms with Crippen molar-refractivity contribution < 1.29 is 4.42 Å². The molecule has 23 heavy (non-hydrogen) atoms. The third-order valence-electron chi connectivity index (χ3n) is 3.14. The van der Waals surface area contributed by atoms with Crippen LogP contribution in [0.4, 0.5) is 0 Å². The van der Waals surface area contributed by atoms with Crippen molar-refractivity contribution in [2.45, 2.75) is 0 Å². The van der Waals surface area contributed by atoms with E-state index in [1.165, 1.54) is 11.3 Å². The van der Waals surface area contributed by atoms with Crippen molar-refractivity contribution in [2.24, 2.45) is 0 Å². The van der Waals surface area contributed by atoms with Gasteiger partial charge < -0.3 is 4.42 Å². The molecule has 116 valence electrons. The predicted octanol–water partition coefficient (Wildman–Crippen LogP) is 6.24. The monoisotopic (exact) mass is 422 g/mol. The van der Waals surface area contributed by atoms with Gasteiger partial charge in [-0.1, -0.05) is 15.9 Å². The lowest BCUT2D eigenvalue weighted by molar-refractivity contribution is 0.629. The first-order chi connectivity index (χ1) is 11.2. The largest absolute Gasteiger partial charge is 0.454 e. The van der Waals surface area contributed by atoms with E-state index < -0.39 is 0 Å². The minimum absolute atomic E-state index is 0.625. The molecule has 3 rings (SSSR count). The van der Waals surface area contributed by atoms with Crippen LogP contribution in [-0.4, -0.2) is 17.5 Å². The van der Waals surface area contributed by atoms with Crippen LogP contribution in [0.15, 0.2) is 42.8 Å². The first kappa shape index (κ1) is 16.7. The highest BCUT2D eigenvalue weighted by molar-refractivity contribution is 9.10. The van der Waals surface area contributed by atoms with Crippen molar-refractivity contribution in [1.82, 2.24) is 4.98 Å². The zero-order valence-electron chi connectivity index (χ0n) is 12.3. The fraction of sp³-hybridized carbons (Fsp3) is 0.125. The van der Waals surface area contributed by atoms with Crippen LogP contribution in [0, 0.1) is 11.3 Å².